The van der Waals surface area contributed by atoms with Crippen molar-refractivity contribution in [3.05, 3.63) is 23.8 Å². The highest BCUT2D eigenvalue weighted by atomic mass is 16.5. The maximum atomic E-state index is 11.6. The molecule has 0 bridgehead atoms. The van der Waals surface area contributed by atoms with Crippen molar-refractivity contribution in [1.29, 1.82) is 0 Å². The van der Waals surface area contributed by atoms with E-state index in [1.165, 1.54) is 19.4 Å². The van der Waals surface area contributed by atoms with E-state index in [0.29, 0.717) is 12.3 Å². The Morgan fingerprint density at radius 2 is 2.25 bits per heavy atom. The minimum Gasteiger partial charge on any atom is -0.504 e. The molecule has 0 unspecified atom stereocenters. The van der Waals surface area contributed by atoms with Crippen molar-refractivity contribution >= 4 is 12.1 Å². The minimum absolute atomic E-state index is 0.0720. The zero-order valence-corrected chi connectivity index (χ0v) is 11.5. The van der Waals surface area contributed by atoms with E-state index in [-0.39, 0.29) is 11.7 Å². The quantitative estimate of drug-likeness (QED) is 0.620. The monoisotopic (exact) mass is 277 g/mol. The number of carbonyl (C=O) groups excluding carboxylic acids is 1. The highest BCUT2D eigenvalue weighted by molar-refractivity contribution is 5.83. The van der Waals surface area contributed by atoms with Crippen LogP contribution in [0.4, 0.5) is 0 Å². The molecule has 0 aromatic heterocycles. The molecule has 1 aliphatic heterocycles. The number of phenols is 1. The van der Waals surface area contributed by atoms with E-state index in [2.05, 4.69) is 15.4 Å². The molecular weight excluding hydrogens is 258 g/mol. The minimum atomic E-state index is -0.117. The van der Waals surface area contributed by atoms with Crippen LogP contribution in [0, 0.1) is 0 Å². The van der Waals surface area contributed by atoms with E-state index in [1.54, 1.807) is 12.1 Å². The number of nitrogens with zero attached hydrogens (tertiary/aromatic N) is 2. The maximum absolute atomic E-state index is 11.6. The maximum Gasteiger partial charge on any atom is 0.254 e. The molecule has 0 saturated carbocycles. The van der Waals surface area contributed by atoms with Crippen LogP contribution in [-0.4, -0.2) is 48.9 Å². The molecular formula is C14H19N3O3. The Hall–Kier alpha value is -2.08. The molecule has 1 amide bonds. The topological polar surface area (TPSA) is 74.2 Å². The van der Waals surface area contributed by atoms with Crippen LogP contribution in [0.25, 0.3) is 0 Å². The number of likely N-dealkylation sites (tertiary alicyclic amines) is 1. The highest BCUT2D eigenvalue weighted by Crippen LogP contribution is 2.25. The second-order valence-electron chi connectivity index (χ2n) is 4.71. The van der Waals surface area contributed by atoms with Crippen molar-refractivity contribution in [2.45, 2.75) is 12.8 Å². The van der Waals surface area contributed by atoms with Crippen molar-refractivity contribution in [3.8, 4) is 11.5 Å². The average Bonchev–Trinajstić information content (AvgIpc) is 2.93. The third-order valence-corrected chi connectivity index (χ3v) is 3.17. The lowest BCUT2D eigenvalue weighted by molar-refractivity contribution is -0.121. The van der Waals surface area contributed by atoms with Gasteiger partial charge in [0.1, 0.15) is 0 Å². The number of hydrogen-bond acceptors (Lipinski definition) is 5. The summed E-state index contributed by atoms with van der Waals surface area (Å²) in [6, 6.07) is 4.85. The Morgan fingerprint density at radius 3 is 2.95 bits per heavy atom. The van der Waals surface area contributed by atoms with Crippen molar-refractivity contribution in [3.63, 3.8) is 0 Å². The van der Waals surface area contributed by atoms with Gasteiger partial charge in [0, 0.05) is 0 Å². The number of hydrogen-bond donors (Lipinski definition) is 2. The Bertz CT molecular complexity index is 496. The van der Waals surface area contributed by atoms with Crippen molar-refractivity contribution < 1.29 is 14.6 Å². The van der Waals surface area contributed by atoms with Crippen LogP contribution in [0.2, 0.25) is 0 Å². The third kappa shape index (κ3) is 3.96. The molecule has 0 aliphatic carbocycles. The standard InChI is InChI=1S/C14H19N3O3/c1-20-13-8-11(4-5-12(13)18)9-15-16-14(19)10-17-6-2-3-7-17/h4-5,8-9,18H,2-3,6-7,10H2,1H3,(H,16,19)/b15-9-. The molecule has 1 heterocycles. The molecule has 20 heavy (non-hydrogen) atoms. The first-order valence-corrected chi connectivity index (χ1v) is 6.60. The fraction of sp³-hybridized carbons (Fsp3) is 0.429. The number of amides is 1. The molecule has 6 heteroatoms. The summed E-state index contributed by atoms with van der Waals surface area (Å²) in [5.74, 6) is 0.328. The van der Waals surface area contributed by atoms with Crippen LogP contribution >= 0.6 is 0 Å². The van der Waals surface area contributed by atoms with E-state index in [9.17, 15) is 9.90 Å². The molecule has 0 spiro atoms. The third-order valence-electron chi connectivity index (χ3n) is 3.17. The molecule has 1 saturated heterocycles. The largest absolute Gasteiger partial charge is 0.504 e. The van der Waals surface area contributed by atoms with Gasteiger partial charge in [-0.25, -0.2) is 5.43 Å². The van der Waals surface area contributed by atoms with E-state index in [0.717, 1.165) is 31.5 Å². The Labute approximate surface area is 118 Å². The van der Waals surface area contributed by atoms with Crippen LogP contribution in [-0.2, 0) is 4.79 Å². The molecule has 1 aromatic rings. The van der Waals surface area contributed by atoms with Crippen LogP contribution in [0.5, 0.6) is 11.5 Å². The molecule has 108 valence electrons. The molecule has 0 radical (unpaired) electrons. The number of nitrogens with one attached hydrogen (secondary N) is 1. The van der Waals surface area contributed by atoms with Gasteiger partial charge in [-0.15, -0.1) is 0 Å². The van der Waals surface area contributed by atoms with Gasteiger partial charge in [0.25, 0.3) is 5.91 Å². The summed E-state index contributed by atoms with van der Waals surface area (Å²) in [4.78, 5) is 13.7. The first-order valence-electron chi connectivity index (χ1n) is 6.60. The van der Waals surface area contributed by atoms with E-state index < -0.39 is 0 Å². The summed E-state index contributed by atoms with van der Waals surface area (Å²) < 4.78 is 5.00. The SMILES string of the molecule is COc1cc(/C=N\NC(=O)CN2CCCC2)ccc1O. The van der Waals surface area contributed by atoms with Gasteiger partial charge in [-0.05, 0) is 49.7 Å². The van der Waals surface area contributed by atoms with Gasteiger partial charge in [0.15, 0.2) is 11.5 Å². The summed E-state index contributed by atoms with van der Waals surface area (Å²) >= 11 is 0. The summed E-state index contributed by atoms with van der Waals surface area (Å²) in [5.41, 5.74) is 3.23. The Balaban J connectivity index is 1.84. The first kappa shape index (κ1) is 14.3. The number of rotatable bonds is 5. The number of phenolic OH excluding ortho intramolecular Hbond substituents is 1. The summed E-state index contributed by atoms with van der Waals surface area (Å²) in [5, 5.41) is 13.4. The Morgan fingerprint density at radius 1 is 1.50 bits per heavy atom. The van der Waals surface area contributed by atoms with Crippen LogP contribution in [0.3, 0.4) is 0 Å². The van der Waals surface area contributed by atoms with E-state index in [1.807, 2.05) is 0 Å². The van der Waals surface area contributed by atoms with Crippen LogP contribution in [0.1, 0.15) is 18.4 Å². The molecule has 0 atom stereocenters. The fourth-order valence-electron chi connectivity index (χ4n) is 2.13. The van der Waals surface area contributed by atoms with Crippen LogP contribution in [0.15, 0.2) is 23.3 Å². The van der Waals surface area contributed by atoms with Crippen molar-refractivity contribution in [2.24, 2.45) is 5.10 Å². The summed E-state index contributed by atoms with van der Waals surface area (Å²) in [7, 11) is 1.48. The predicted octanol–water partition coefficient (Wildman–Crippen LogP) is 0.947. The first-order chi connectivity index (χ1) is 9.69. The zero-order valence-electron chi connectivity index (χ0n) is 11.5. The average molecular weight is 277 g/mol. The van der Waals surface area contributed by atoms with Gasteiger partial charge in [0.05, 0.1) is 19.9 Å². The van der Waals surface area contributed by atoms with Gasteiger partial charge < -0.3 is 9.84 Å². The normalized spacial score (nSPS) is 15.7. The van der Waals surface area contributed by atoms with Gasteiger partial charge in [-0.2, -0.15) is 5.10 Å². The van der Waals surface area contributed by atoms with E-state index >= 15 is 0 Å². The van der Waals surface area contributed by atoms with Crippen molar-refractivity contribution in [1.82, 2.24) is 10.3 Å². The van der Waals surface area contributed by atoms with Crippen LogP contribution < -0.4 is 10.2 Å². The lowest BCUT2D eigenvalue weighted by Gasteiger charge is -2.12. The van der Waals surface area contributed by atoms with Gasteiger partial charge in [0.2, 0.25) is 0 Å². The Kier molecular flexibility index (Phi) is 4.95. The predicted molar refractivity (Wildman–Crippen MR) is 76.1 cm³/mol. The number of carbonyl (C=O) groups is 1. The lowest BCUT2D eigenvalue weighted by Crippen LogP contribution is -2.33. The van der Waals surface area contributed by atoms with Gasteiger partial charge >= 0.3 is 0 Å². The van der Waals surface area contributed by atoms with Gasteiger partial charge in [-0.3, -0.25) is 9.69 Å². The fourth-order valence-corrected chi connectivity index (χ4v) is 2.13. The number of ether oxygens (including phenoxy) is 1. The lowest BCUT2D eigenvalue weighted by atomic mass is 10.2. The second kappa shape index (κ2) is 6.91. The molecule has 1 fully saturated rings. The number of benzene rings is 1. The molecule has 1 aromatic carbocycles. The number of hydrazone groups is 1. The number of methoxy groups -OCH3 is 1. The summed E-state index contributed by atoms with van der Waals surface area (Å²) in [6.07, 6.45) is 3.83. The highest BCUT2D eigenvalue weighted by Gasteiger charge is 2.14. The zero-order chi connectivity index (χ0) is 14.4. The van der Waals surface area contributed by atoms with E-state index in [4.69, 9.17) is 4.74 Å². The molecule has 6 nitrogen and oxygen atoms in total. The summed E-state index contributed by atoms with van der Waals surface area (Å²) in [6.45, 7) is 2.34. The number of aromatic hydroxyl groups is 1. The molecule has 1 aliphatic rings. The molecule has 2 rings (SSSR count). The van der Waals surface area contributed by atoms with Gasteiger partial charge in [-0.1, -0.05) is 0 Å². The molecule has 2 N–H and O–H groups in total. The van der Waals surface area contributed by atoms with Crippen molar-refractivity contribution in [2.75, 3.05) is 26.7 Å². The second-order valence-corrected chi connectivity index (χ2v) is 4.71. The smallest absolute Gasteiger partial charge is 0.254 e.